The van der Waals surface area contributed by atoms with Crippen molar-refractivity contribution in [1.82, 2.24) is 0 Å². The molecule has 0 aromatic heterocycles. The lowest BCUT2D eigenvalue weighted by molar-refractivity contribution is -0.175. The molecule has 5 rings (SSSR count). The summed E-state index contributed by atoms with van der Waals surface area (Å²) >= 11 is 0. The average molecular weight is 657 g/mol. The normalized spacial score (nSPS) is 23.9. The van der Waals surface area contributed by atoms with Crippen LogP contribution < -0.4 is 9.47 Å². The minimum absolute atomic E-state index is 0.00477. The number of ketones is 2. The molecule has 4 atom stereocenters. The van der Waals surface area contributed by atoms with E-state index in [0.717, 1.165) is 14.2 Å². The van der Waals surface area contributed by atoms with Crippen molar-refractivity contribution in [1.29, 1.82) is 0 Å². The van der Waals surface area contributed by atoms with Crippen LogP contribution in [0, 0.1) is 13.8 Å². The number of aliphatic carboxylic acids is 1. The first-order valence-corrected chi connectivity index (χ1v) is 14.6. The number of carbonyl (C=O) groups is 6. The van der Waals surface area contributed by atoms with Gasteiger partial charge in [-0.2, -0.15) is 0 Å². The summed E-state index contributed by atoms with van der Waals surface area (Å²) in [6.07, 6.45) is -5.81. The summed E-state index contributed by atoms with van der Waals surface area (Å²) in [7, 11) is 2.04. The molecule has 3 aliphatic rings. The molecule has 3 aliphatic heterocycles. The minimum Gasteiger partial charge on any atom is -0.507 e. The van der Waals surface area contributed by atoms with Crippen molar-refractivity contribution in [2.75, 3.05) is 14.2 Å². The van der Waals surface area contributed by atoms with Crippen LogP contribution in [-0.2, 0) is 33.4 Å². The summed E-state index contributed by atoms with van der Waals surface area (Å²) in [6.45, 7) is 3.00. The van der Waals surface area contributed by atoms with Gasteiger partial charge in [0.2, 0.25) is 11.2 Å². The lowest BCUT2D eigenvalue weighted by Crippen LogP contribution is -2.58. The monoisotopic (exact) mass is 656 g/mol. The van der Waals surface area contributed by atoms with Crippen molar-refractivity contribution in [3.63, 3.8) is 0 Å². The zero-order valence-corrected chi connectivity index (χ0v) is 25.8. The molecule has 0 aliphatic carbocycles. The molecule has 3 heterocycles. The van der Waals surface area contributed by atoms with Crippen molar-refractivity contribution in [3.8, 4) is 34.1 Å². The Balaban J connectivity index is 1.80. The number of aliphatic hydroxyl groups is 1. The number of aromatic hydroxyl groups is 2. The van der Waals surface area contributed by atoms with Crippen LogP contribution in [0.2, 0.25) is 0 Å². The summed E-state index contributed by atoms with van der Waals surface area (Å²) < 4.78 is 27.7. The molecule has 47 heavy (non-hydrogen) atoms. The van der Waals surface area contributed by atoms with Gasteiger partial charge in [-0.15, -0.1) is 0 Å². The number of aryl methyl sites for hydroxylation is 2. The molecule has 0 bridgehead atoms. The van der Waals surface area contributed by atoms with Gasteiger partial charge in [-0.25, -0.2) is 9.59 Å². The number of cyclic esters (lactones) is 1. The molecule has 1 saturated heterocycles. The van der Waals surface area contributed by atoms with Crippen molar-refractivity contribution in [3.05, 3.63) is 34.4 Å². The SMILES string of the molecule is COC(=O)C1(C(O)CCC(=O)O)CC(=O)c2c(O)cc(C)c(-c3c(C)cc(O)c4c3OC(C(=O)OC)(C3CCC(=O)O3)CC4=O)c2O1. The van der Waals surface area contributed by atoms with Crippen molar-refractivity contribution in [2.45, 2.75) is 75.8 Å². The molecule has 1 fully saturated rings. The Hall–Kier alpha value is -5.18. The van der Waals surface area contributed by atoms with Crippen LogP contribution in [0.3, 0.4) is 0 Å². The van der Waals surface area contributed by atoms with E-state index in [-0.39, 0.29) is 46.4 Å². The van der Waals surface area contributed by atoms with Crippen LogP contribution in [0.25, 0.3) is 11.1 Å². The third-order valence-corrected chi connectivity index (χ3v) is 8.77. The summed E-state index contributed by atoms with van der Waals surface area (Å²) in [5.74, 6) is -7.67. The van der Waals surface area contributed by atoms with E-state index in [4.69, 9.17) is 23.7 Å². The number of hydrogen-bond donors (Lipinski definition) is 4. The fraction of sp³-hybridized carbons (Fsp3) is 0.438. The lowest BCUT2D eigenvalue weighted by atomic mass is 9.79. The number of ether oxygens (including phenoxy) is 5. The van der Waals surface area contributed by atoms with E-state index < -0.39 is 107 Å². The van der Waals surface area contributed by atoms with Gasteiger partial charge >= 0.3 is 23.9 Å². The maximum Gasteiger partial charge on any atom is 0.354 e. The third kappa shape index (κ3) is 5.19. The Morgan fingerprint density at radius 3 is 1.89 bits per heavy atom. The zero-order chi connectivity index (χ0) is 34.6. The summed E-state index contributed by atoms with van der Waals surface area (Å²) in [6, 6.07) is 2.45. The molecule has 0 saturated carbocycles. The summed E-state index contributed by atoms with van der Waals surface area (Å²) in [5.41, 5.74) is -5.01. The maximum atomic E-state index is 13.7. The second-order valence-corrected chi connectivity index (χ2v) is 11.7. The number of phenols is 2. The number of carboxylic acid groups (broad SMARTS) is 1. The number of aliphatic hydroxyl groups excluding tert-OH is 1. The summed E-state index contributed by atoms with van der Waals surface area (Å²) in [4.78, 5) is 77.4. The highest BCUT2D eigenvalue weighted by Gasteiger charge is 2.59. The number of methoxy groups -OCH3 is 2. The van der Waals surface area contributed by atoms with Crippen LogP contribution in [0.5, 0.6) is 23.0 Å². The number of hydrogen-bond acceptors (Lipinski definition) is 14. The van der Waals surface area contributed by atoms with E-state index >= 15 is 0 Å². The topological polar surface area (TPSA) is 229 Å². The van der Waals surface area contributed by atoms with Gasteiger partial charge in [-0.05, 0) is 49.9 Å². The van der Waals surface area contributed by atoms with Gasteiger partial charge in [0, 0.05) is 24.0 Å². The van der Waals surface area contributed by atoms with Gasteiger partial charge in [-0.3, -0.25) is 19.2 Å². The predicted octanol–water partition coefficient (Wildman–Crippen LogP) is 2.07. The molecule has 2 aromatic rings. The number of fused-ring (bicyclic) bond motifs is 2. The minimum atomic E-state index is -2.46. The van der Waals surface area contributed by atoms with Gasteiger partial charge in [0.05, 0.1) is 27.1 Å². The first-order valence-electron chi connectivity index (χ1n) is 14.6. The third-order valence-electron chi connectivity index (χ3n) is 8.77. The first-order chi connectivity index (χ1) is 22.1. The molecule has 0 amide bonds. The van der Waals surface area contributed by atoms with Gasteiger partial charge in [0.15, 0.2) is 17.7 Å². The second-order valence-electron chi connectivity index (χ2n) is 11.7. The standard InChI is InChI=1S/C32H32O15/c1-13-9-15(33)25-17(35)11-31(29(41)43-3,19(37)5-7-21(38)39)46-27(25)23(13)24-14(2)10-16(34)26-18(36)12-32(30(42)44-4,47-28(24)26)20-6-8-22(40)45-20/h9-10,19-20,33-34,37H,5-8,11-12H2,1-4H3,(H,38,39). The lowest BCUT2D eigenvalue weighted by Gasteiger charge is -2.41. The molecule has 15 heteroatoms. The fourth-order valence-electron chi connectivity index (χ4n) is 6.55. The van der Waals surface area contributed by atoms with Gasteiger partial charge in [-0.1, -0.05) is 0 Å². The molecule has 0 radical (unpaired) electrons. The Morgan fingerprint density at radius 1 is 0.872 bits per heavy atom. The van der Waals surface area contributed by atoms with Crippen LogP contribution in [-0.4, -0.2) is 93.5 Å². The van der Waals surface area contributed by atoms with E-state index in [9.17, 15) is 49.2 Å². The van der Waals surface area contributed by atoms with Gasteiger partial charge in [0.25, 0.3) is 0 Å². The molecule has 2 aromatic carbocycles. The summed E-state index contributed by atoms with van der Waals surface area (Å²) in [5, 5.41) is 42.2. The number of phenolic OH excluding ortho intramolecular Hbond substituents is 2. The van der Waals surface area contributed by atoms with E-state index in [2.05, 4.69) is 0 Å². The average Bonchev–Trinajstić information content (AvgIpc) is 3.45. The van der Waals surface area contributed by atoms with Crippen molar-refractivity contribution in [2.24, 2.45) is 0 Å². The van der Waals surface area contributed by atoms with E-state index in [1.54, 1.807) is 0 Å². The predicted molar refractivity (Wildman–Crippen MR) is 155 cm³/mol. The van der Waals surface area contributed by atoms with Gasteiger partial charge < -0.3 is 44.1 Å². The fourth-order valence-corrected chi connectivity index (χ4v) is 6.55. The van der Waals surface area contributed by atoms with E-state index in [1.165, 1.54) is 26.0 Å². The molecule has 0 spiro atoms. The Labute approximate surface area is 266 Å². The zero-order valence-electron chi connectivity index (χ0n) is 25.8. The van der Waals surface area contributed by atoms with Crippen LogP contribution >= 0.6 is 0 Å². The van der Waals surface area contributed by atoms with E-state index in [0.29, 0.717) is 0 Å². The van der Waals surface area contributed by atoms with Crippen LogP contribution in [0.4, 0.5) is 0 Å². The Kier molecular flexibility index (Phi) is 8.39. The number of esters is 3. The largest absolute Gasteiger partial charge is 0.507 e. The number of carboxylic acids is 1. The number of benzene rings is 2. The Bertz CT molecular complexity index is 1740. The quantitative estimate of drug-likeness (QED) is 0.235. The highest BCUT2D eigenvalue weighted by molar-refractivity contribution is 6.11. The number of rotatable bonds is 8. The molecule has 15 nitrogen and oxygen atoms in total. The number of carbonyl (C=O) groups excluding carboxylic acids is 5. The van der Waals surface area contributed by atoms with Crippen LogP contribution in [0.1, 0.15) is 70.4 Å². The Morgan fingerprint density at radius 2 is 1.40 bits per heavy atom. The molecule has 4 unspecified atom stereocenters. The molecule has 4 N–H and O–H groups in total. The maximum absolute atomic E-state index is 13.7. The molecular weight excluding hydrogens is 624 g/mol. The number of Topliss-reactive ketones (excluding diaryl/α,β-unsaturated/α-hetero) is 2. The highest BCUT2D eigenvalue weighted by atomic mass is 16.6. The van der Waals surface area contributed by atoms with E-state index in [1.807, 2.05) is 0 Å². The second kappa shape index (κ2) is 11.9. The molecule has 250 valence electrons. The van der Waals surface area contributed by atoms with Crippen LogP contribution in [0.15, 0.2) is 12.1 Å². The van der Waals surface area contributed by atoms with Crippen molar-refractivity contribution >= 4 is 35.4 Å². The van der Waals surface area contributed by atoms with Crippen molar-refractivity contribution < 1.29 is 72.9 Å². The highest BCUT2D eigenvalue weighted by Crippen LogP contribution is 2.55. The van der Waals surface area contributed by atoms with Gasteiger partial charge in [0.1, 0.15) is 40.2 Å². The smallest absolute Gasteiger partial charge is 0.354 e. The first kappa shape index (κ1) is 33.2. The molecular formula is C32H32O15.